The van der Waals surface area contributed by atoms with E-state index in [1.54, 1.807) is 0 Å². The molecule has 3 aromatic heterocycles. The summed E-state index contributed by atoms with van der Waals surface area (Å²) in [6.07, 6.45) is 5.47. The first-order chi connectivity index (χ1) is 24.3. The van der Waals surface area contributed by atoms with Crippen LogP contribution in [0.15, 0.2) is 90.3 Å². The summed E-state index contributed by atoms with van der Waals surface area (Å²) < 4.78 is 0. The molecular formula is C47H54N4Si. The lowest BCUT2D eigenvalue weighted by Gasteiger charge is -2.26. The van der Waals surface area contributed by atoms with Crippen LogP contribution in [0.1, 0.15) is 112 Å². The van der Waals surface area contributed by atoms with Crippen molar-refractivity contribution in [3.63, 3.8) is 0 Å². The predicted octanol–water partition coefficient (Wildman–Crippen LogP) is 9.70. The molecule has 7 rings (SSSR count). The van der Waals surface area contributed by atoms with Gasteiger partial charge in [-0.05, 0) is 100 Å². The van der Waals surface area contributed by atoms with Crippen molar-refractivity contribution in [2.75, 3.05) is 0 Å². The summed E-state index contributed by atoms with van der Waals surface area (Å²) in [7, 11) is -1.49. The Kier molecular flexibility index (Phi) is 8.62. The van der Waals surface area contributed by atoms with Crippen molar-refractivity contribution in [3.8, 4) is 11.5 Å². The minimum absolute atomic E-state index is 0.01000. The summed E-state index contributed by atoms with van der Waals surface area (Å²) in [5.74, 6) is 3.43. The van der Waals surface area contributed by atoms with Crippen molar-refractivity contribution in [1.82, 2.24) is 20.3 Å². The number of benzene rings is 2. The maximum atomic E-state index is 3.93. The van der Waals surface area contributed by atoms with Crippen LogP contribution in [0.4, 0.5) is 0 Å². The molecule has 0 aliphatic carbocycles. The largest absolute Gasteiger partial charge is 0.362 e. The number of hydrogen-bond acceptors (Lipinski definition) is 1. The molecule has 5 heterocycles. The molecule has 4 N–H and O–H groups in total. The molecule has 5 heteroatoms. The fourth-order valence-corrected chi connectivity index (χ4v) is 7.64. The van der Waals surface area contributed by atoms with Crippen LogP contribution in [0.2, 0.25) is 19.6 Å². The van der Waals surface area contributed by atoms with Gasteiger partial charge < -0.3 is 20.3 Å². The van der Waals surface area contributed by atoms with Crippen molar-refractivity contribution in [3.05, 3.63) is 152 Å². The molecule has 0 amide bonds. The van der Waals surface area contributed by atoms with Crippen LogP contribution in [0.5, 0.6) is 0 Å². The van der Waals surface area contributed by atoms with E-state index in [9.17, 15) is 0 Å². The SMILES string of the molecule is CC1(C)CC2=Cc3ccc([nH]3)C(c3ccc(C#C[Si](C)(C)C)cc3)=c3ccc([nH]3)=C(c3cc(C(C)(C)C)cc(C(C)(C)C)c3)c3ccc([nH]3)C=C1N2. The van der Waals surface area contributed by atoms with Crippen molar-refractivity contribution in [2.24, 2.45) is 5.41 Å². The lowest BCUT2D eigenvalue weighted by atomic mass is 9.78. The first kappa shape index (κ1) is 35.5. The minimum Gasteiger partial charge on any atom is -0.362 e. The summed E-state index contributed by atoms with van der Waals surface area (Å²) in [6, 6.07) is 29.2. The highest BCUT2D eigenvalue weighted by Gasteiger charge is 2.32. The number of allylic oxidation sites excluding steroid dienone is 2. The van der Waals surface area contributed by atoms with Gasteiger partial charge in [0.2, 0.25) is 0 Å². The third-order valence-corrected chi connectivity index (χ3v) is 11.1. The summed E-state index contributed by atoms with van der Waals surface area (Å²) in [5, 5.41) is 5.90. The predicted molar refractivity (Wildman–Crippen MR) is 223 cm³/mol. The molecular weight excluding hydrogens is 649 g/mol. The Bertz CT molecular complexity index is 2390. The fourth-order valence-electron chi connectivity index (χ4n) is 7.12. The smallest absolute Gasteiger partial charge is 0.129 e. The Morgan fingerprint density at radius 2 is 1.15 bits per heavy atom. The Balaban J connectivity index is 1.54. The van der Waals surface area contributed by atoms with Gasteiger partial charge in [-0.15, -0.1) is 5.54 Å². The first-order valence-corrected chi connectivity index (χ1v) is 22.1. The topological polar surface area (TPSA) is 59.4 Å². The maximum absolute atomic E-state index is 3.93. The molecule has 4 nitrogen and oxygen atoms in total. The number of fused-ring (bicyclic) bond motifs is 8. The zero-order chi connectivity index (χ0) is 37.2. The van der Waals surface area contributed by atoms with Crippen LogP contribution in [0, 0.1) is 16.9 Å². The zero-order valence-electron chi connectivity index (χ0n) is 32.9. The average molecular weight is 703 g/mol. The monoisotopic (exact) mass is 702 g/mol. The van der Waals surface area contributed by atoms with E-state index in [0.717, 1.165) is 62.2 Å². The van der Waals surface area contributed by atoms with Gasteiger partial charge in [0.1, 0.15) is 8.07 Å². The summed E-state index contributed by atoms with van der Waals surface area (Å²) in [6.45, 7) is 25.3. The van der Waals surface area contributed by atoms with Gasteiger partial charge >= 0.3 is 0 Å². The molecule has 2 aromatic carbocycles. The number of rotatable bonds is 2. The summed E-state index contributed by atoms with van der Waals surface area (Å²) >= 11 is 0. The Morgan fingerprint density at radius 3 is 1.69 bits per heavy atom. The highest BCUT2D eigenvalue weighted by Crippen LogP contribution is 2.40. The molecule has 5 aromatic rings. The summed E-state index contributed by atoms with van der Waals surface area (Å²) in [4.78, 5) is 11.5. The third kappa shape index (κ3) is 7.36. The van der Waals surface area contributed by atoms with Crippen LogP contribution in [-0.4, -0.2) is 23.0 Å². The van der Waals surface area contributed by atoms with E-state index in [2.05, 4.69) is 198 Å². The highest BCUT2D eigenvalue weighted by molar-refractivity contribution is 6.83. The number of hydrogen-bond donors (Lipinski definition) is 4. The zero-order valence-corrected chi connectivity index (χ0v) is 33.9. The number of aromatic amines is 3. The standard InChI is InChI=1S/C47H54N4Si/c1-45(2,3)33-24-32(25-34(26-33)46(4,5)6)44-39-19-17-36(49-39)28-42-47(7,8)29-37(50-42)27-35-16-18-38(48-35)43(40-20-21-41(44)51-40)31-14-12-30(13-15-31)22-23-52(9,10)11/h12-21,24-28,48-51H,29H2,1-11H3. The quantitative estimate of drug-likeness (QED) is 0.108. The van der Waals surface area contributed by atoms with Gasteiger partial charge in [0.05, 0.1) is 0 Å². The molecule has 2 aliphatic heterocycles. The van der Waals surface area contributed by atoms with Gasteiger partial charge in [-0.1, -0.05) is 111 Å². The number of H-pyrrole nitrogens is 3. The Morgan fingerprint density at radius 1 is 0.615 bits per heavy atom. The van der Waals surface area contributed by atoms with E-state index < -0.39 is 8.07 Å². The van der Waals surface area contributed by atoms with Gasteiger partial charge in [0.15, 0.2) is 0 Å². The molecule has 1 fully saturated rings. The fraction of sp³-hybridized carbons (Fsp3) is 0.319. The van der Waals surface area contributed by atoms with Crippen LogP contribution in [-0.2, 0) is 10.8 Å². The normalized spacial score (nSPS) is 15.8. The van der Waals surface area contributed by atoms with Crippen LogP contribution in [0.3, 0.4) is 0 Å². The second-order valence-corrected chi connectivity index (χ2v) is 23.2. The van der Waals surface area contributed by atoms with E-state index in [4.69, 9.17) is 0 Å². The van der Waals surface area contributed by atoms with Gasteiger partial charge in [-0.25, -0.2) is 0 Å². The number of nitrogens with one attached hydrogen (secondary N) is 4. The van der Waals surface area contributed by atoms with Gasteiger partial charge in [0, 0.05) is 67.0 Å². The van der Waals surface area contributed by atoms with E-state index in [1.165, 1.54) is 28.1 Å². The molecule has 0 spiro atoms. The van der Waals surface area contributed by atoms with E-state index in [0.29, 0.717) is 0 Å². The van der Waals surface area contributed by atoms with Crippen LogP contribution < -0.4 is 16.0 Å². The summed E-state index contributed by atoms with van der Waals surface area (Å²) in [5.41, 5.74) is 18.5. The Labute approximate surface area is 311 Å². The second kappa shape index (κ2) is 12.6. The van der Waals surface area contributed by atoms with Crippen molar-refractivity contribution in [2.45, 2.75) is 92.3 Å². The van der Waals surface area contributed by atoms with Crippen LogP contribution >= 0.6 is 0 Å². The highest BCUT2D eigenvalue weighted by atomic mass is 28.3. The molecule has 1 saturated heterocycles. The van der Waals surface area contributed by atoms with Crippen molar-refractivity contribution < 1.29 is 0 Å². The third-order valence-electron chi connectivity index (χ3n) is 10.2. The molecule has 0 radical (unpaired) electrons. The minimum atomic E-state index is -1.49. The van der Waals surface area contributed by atoms with Gasteiger partial charge in [-0.3, -0.25) is 0 Å². The van der Waals surface area contributed by atoms with Crippen LogP contribution in [0.25, 0.3) is 23.3 Å². The van der Waals surface area contributed by atoms with Gasteiger partial charge in [0.25, 0.3) is 0 Å². The van der Waals surface area contributed by atoms with Gasteiger partial charge in [-0.2, -0.15) is 0 Å². The molecule has 2 aliphatic rings. The molecule has 0 saturated carbocycles. The molecule has 0 atom stereocenters. The maximum Gasteiger partial charge on any atom is 0.129 e. The molecule has 0 unspecified atom stereocenters. The van der Waals surface area contributed by atoms with E-state index in [1.807, 2.05) is 0 Å². The van der Waals surface area contributed by atoms with Crippen molar-refractivity contribution in [1.29, 1.82) is 0 Å². The average Bonchev–Trinajstić information content (AvgIpc) is 3.85. The lowest BCUT2D eigenvalue weighted by Crippen LogP contribution is -2.20. The Hall–Kier alpha value is -4.92. The molecule has 266 valence electrons. The molecule has 8 bridgehead atoms. The van der Waals surface area contributed by atoms with E-state index >= 15 is 0 Å². The van der Waals surface area contributed by atoms with E-state index in [-0.39, 0.29) is 16.2 Å². The van der Waals surface area contributed by atoms with Crippen molar-refractivity contribution >= 4 is 31.4 Å². The first-order valence-electron chi connectivity index (χ1n) is 18.6. The molecule has 52 heavy (non-hydrogen) atoms. The second-order valence-electron chi connectivity index (χ2n) is 18.5. The number of aromatic nitrogens is 3. The lowest BCUT2D eigenvalue weighted by molar-refractivity contribution is 0.481.